The number of aromatic nitrogens is 3. The molecule has 0 saturated carbocycles. The van der Waals surface area contributed by atoms with Crippen LogP contribution in [0, 0.1) is 0 Å². The molecule has 0 bridgehead atoms. The van der Waals surface area contributed by atoms with Gasteiger partial charge in [-0.15, -0.1) is 15.0 Å². The summed E-state index contributed by atoms with van der Waals surface area (Å²) in [5.41, 5.74) is 8.08. The third kappa shape index (κ3) is 4.28. The van der Waals surface area contributed by atoms with Crippen molar-refractivity contribution >= 4 is 11.0 Å². The second-order valence-corrected chi connectivity index (χ2v) is 11.5. The molecule has 1 heterocycles. The van der Waals surface area contributed by atoms with E-state index in [-0.39, 0.29) is 16.6 Å². The third-order valence-electron chi connectivity index (χ3n) is 6.69. The average Bonchev–Trinajstić information content (AvgIpc) is 3.28. The Hall–Kier alpha value is -3.92. The standard InChI is InChI=1S/C32H33N3O/c1-31(2,3)23-19-26(32(4,5)6)30(36)27(20-23)35-33-28-24(21-13-9-7-10-14-21)17-18-25(29(28)34-35)22-15-11-8-12-16-22/h7-20,36H,1-6H3. The highest BCUT2D eigenvalue weighted by Crippen LogP contribution is 2.40. The number of aromatic hydroxyl groups is 1. The van der Waals surface area contributed by atoms with Crippen molar-refractivity contribution in [2.45, 2.75) is 52.4 Å². The first-order chi connectivity index (χ1) is 17.0. The highest BCUT2D eigenvalue weighted by molar-refractivity contribution is 6.00. The van der Waals surface area contributed by atoms with Crippen LogP contribution in [-0.2, 0) is 10.8 Å². The van der Waals surface area contributed by atoms with Gasteiger partial charge in [0.25, 0.3) is 0 Å². The number of benzene rings is 4. The number of phenols is 1. The van der Waals surface area contributed by atoms with Crippen LogP contribution in [0.5, 0.6) is 5.75 Å². The second kappa shape index (κ2) is 8.63. The summed E-state index contributed by atoms with van der Waals surface area (Å²) in [7, 11) is 0. The Bertz CT molecular complexity index is 1460. The van der Waals surface area contributed by atoms with Crippen LogP contribution in [0.25, 0.3) is 39.0 Å². The molecule has 36 heavy (non-hydrogen) atoms. The fraction of sp³-hybridized carbons (Fsp3) is 0.250. The number of phenolic OH excluding ortho intramolecular Hbond substituents is 1. The van der Waals surface area contributed by atoms with Crippen LogP contribution in [0.4, 0.5) is 0 Å². The third-order valence-corrected chi connectivity index (χ3v) is 6.69. The molecule has 0 aliphatic heterocycles. The molecule has 4 heteroatoms. The summed E-state index contributed by atoms with van der Waals surface area (Å²) in [4.78, 5) is 1.61. The van der Waals surface area contributed by atoms with Crippen molar-refractivity contribution in [1.29, 1.82) is 0 Å². The van der Waals surface area contributed by atoms with Crippen LogP contribution >= 0.6 is 0 Å². The Morgan fingerprint density at radius 3 is 1.50 bits per heavy atom. The lowest BCUT2D eigenvalue weighted by Crippen LogP contribution is -2.18. The first-order valence-corrected chi connectivity index (χ1v) is 12.4. The number of hydrogen-bond acceptors (Lipinski definition) is 3. The molecule has 182 valence electrons. The Balaban J connectivity index is 1.83. The first kappa shape index (κ1) is 23.8. The maximum Gasteiger partial charge on any atom is 0.146 e. The highest BCUT2D eigenvalue weighted by Gasteiger charge is 2.27. The number of nitrogens with zero attached hydrogens (tertiary/aromatic N) is 3. The van der Waals surface area contributed by atoms with Gasteiger partial charge in [-0.2, -0.15) is 0 Å². The maximum atomic E-state index is 11.5. The van der Waals surface area contributed by atoms with Crippen molar-refractivity contribution in [2.24, 2.45) is 0 Å². The molecular formula is C32H33N3O. The summed E-state index contributed by atoms with van der Waals surface area (Å²) in [6.45, 7) is 12.9. The Morgan fingerprint density at radius 1 is 0.611 bits per heavy atom. The predicted molar refractivity (Wildman–Crippen MR) is 149 cm³/mol. The summed E-state index contributed by atoms with van der Waals surface area (Å²) in [6.07, 6.45) is 0. The Kier molecular flexibility index (Phi) is 5.71. The van der Waals surface area contributed by atoms with E-state index < -0.39 is 0 Å². The zero-order valence-electron chi connectivity index (χ0n) is 21.9. The Morgan fingerprint density at radius 2 is 1.08 bits per heavy atom. The predicted octanol–water partition coefficient (Wildman–Crippen LogP) is 8.06. The molecule has 0 radical (unpaired) electrons. The summed E-state index contributed by atoms with van der Waals surface area (Å²) in [5, 5.41) is 21.5. The highest BCUT2D eigenvalue weighted by atomic mass is 16.3. The van der Waals surface area contributed by atoms with Crippen molar-refractivity contribution in [3.8, 4) is 33.7 Å². The minimum absolute atomic E-state index is 0.0978. The van der Waals surface area contributed by atoms with Crippen LogP contribution in [0.15, 0.2) is 84.9 Å². The van der Waals surface area contributed by atoms with Gasteiger partial charge in [-0.3, -0.25) is 0 Å². The van der Waals surface area contributed by atoms with Crippen molar-refractivity contribution in [2.75, 3.05) is 0 Å². The van der Waals surface area contributed by atoms with E-state index in [1.165, 1.54) is 0 Å². The molecule has 0 saturated heterocycles. The van der Waals surface area contributed by atoms with E-state index in [1.54, 1.807) is 4.80 Å². The molecule has 5 rings (SSSR count). The molecule has 0 aliphatic carbocycles. The van der Waals surface area contributed by atoms with Gasteiger partial charge in [0.15, 0.2) is 0 Å². The number of hydrogen-bond donors (Lipinski definition) is 1. The lowest BCUT2D eigenvalue weighted by Gasteiger charge is -2.27. The molecule has 0 unspecified atom stereocenters. The normalized spacial score (nSPS) is 12.3. The van der Waals surface area contributed by atoms with Gasteiger partial charge in [0.05, 0.1) is 0 Å². The van der Waals surface area contributed by atoms with Crippen molar-refractivity contribution < 1.29 is 5.11 Å². The topological polar surface area (TPSA) is 50.9 Å². The minimum atomic E-state index is -0.239. The fourth-order valence-corrected chi connectivity index (χ4v) is 4.58. The van der Waals surface area contributed by atoms with Gasteiger partial charge in [0, 0.05) is 16.7 Å². The average molecular weight is 476 g/mol. The minimum Gasteiger partial charge on any atom is -0.505 e. The monoisotopic (exact) mass is 475 g/mol. The largest absolute Gasteiger partial charge is 0.505 e. The zero-order valence-corrected chi connectivity index (χ0v) is 21.9. The molecule has 0 aliphatic rings. The lowest BCUT2D eigenvalue weighted by atomic mass is 9.80. The van der Waals surface area contributed by atoms with Gasteiger partial charge < -0.3 is 5.11 Å². The molecule has 1 aromatic heterocycles. The Labute approximate surface area is 213 Å². The van der Waals surface area contributed by atoms with Crippen molar-refractivity contribution in [3.05, 3.63) is 96.1 Å². The van der Waals surface area contributed by atoms with Gasteiger partial charge in [-0.25, -0.2) is 0 Å². The van der Waals surface area contributed by atoms with E-state index in [9.17, 15) is 5.11 Å². The summed E-state index contributed by atoms with van der Waals surface area (Å²) < 4.78 is 0. The maximum absolute atomic E-state index is 11.5. The van der Waals surface area contributed by atoms with Crippen LogP contribution in [-0.4, -0.2) is 20.1 Å². The molecule has 0 spiro atoms. The van der Waals surface area contributed by atoms with Gasteiger partial charge in [-0.05, 0) is 33.6 Å². The van der Waals surface area contributed by atoms with E-state index in [4.69, 9.17) is 10.2 Å². The van der Waals surface area contributed by atoms with Crippen molar-refractivity contribution in [1.82, 2.24) is 15.0 Å². The number of fused-ring (bicyclic) bond motifs is 1. The van der Waals surface area contributed by atoms with Gasteiger partial charge in [0.1, 0.15) is 22.5 Å². The van der Waals surface area contributed by atoms with E-state index in [1.807, 2.05) is 42.5 Å². The fourth-order valence-electron chi connectivity index (χ4n) is 4.58. The molecule has 4 aromatic carbocycles. The zero-order chi connectivity index (χ0) is 25.7. The van der Waals surface area contributed by atoms with Gasteiger partial charge >= 0.3 is 0 Å². The molecule has 0 fully saturated rings. The molecule has 5 aromatic rings. The van der Waals surface area contributed by atoms with Crippen LogP contribution in [0.1, 0.15) is 52.7 Å². The van der Waals surface area contributed by atoms with Crippen LogP contribution in [0.3, 0.4) is 0 Å². The smallest absolute Gasteiger partial charge is 0.146 e. The van der Waals surface area contributed by atoms with Gasteiger partial charge in [-0.1, -0.05) is 120 Å². The molecule has 0 amide bonds. The number of rotatable bonds is 3. The first-order valence-electron chi connectivity index (χ1n) is 12.4. The second-order valence-electron chi connectivity index (χ2n) is 11.5. The summed E-state index contributed by atoms with van der Waals surface area (Å²) in [6, 6.07) is 28.9. The van der Waals surface area contributed by atoms with E-state index in [0.29, 0.717) is 5.69 Å². The molecule has 1 N–H and O–H groups in total. The van der Waals surface area contributed by atoms with Crippen molar-refractivity contribution in [3.63, 3.8) is 0 Å². The van der Waals surface area contributed by atoms with E-state index >= 15 is 0 Å². The lowest BCUT2D eigenvalue weighted by molar-refractivity contribution is 0.438. The molecule has 0 atom stereocenters. The van der Waals surface area contributed by atoms with Crippen LogP contribution < -0.4 is 0 Å². The van der Waals surface area contributed by atoms with E-state index in [0.717, 1.165) is 44.4 Å². The summed E-state index contributed by atoms with van der Waals surface area (Å²) >= 11 is 0. The molecule has 4 nitrogen and oxygen atoms in total. The summed E-state index contributed by atoms with van der Waals surface area (Å²) in [5.74, 6) is 0.221. The van der Waals surface area contributed by atoms with Gasteiger partial charge in [0.2, 0.25) is 0 Å². The van der Waals surface area contributed by atoms with E-state index in [2.05, 4.69) is 84.0 Å². The van der Waals surface area contributed by atoms with Crippen LogP contribution in [0.2, 0.25) is 0 Å². The quantitative estimate of drug-likeness (QED) is 0.287. The molecular weight excluding hydrogens is 442 g/mol. The SMILES string of the molecule is CC(C)(C)c1cc(-n2nc3c(-c4ccccc4)ccc(-c4ccccc4)c3n2)c(O)c(C(C)(C)C)c1.